The molecule has 0 radical (unpaired) electrons. The summed E-state index contributed by atoms with van der Waals surface area (Å²) in [6, 6.07) is 5.55. The lowest BCUT2D eigenvalue weighted by atomic mass is 9.98. The van der Waals surface area contributed by atoms with Crippen LogP contribution in [-0.4, -0.2) is 42.8 Å². The van der Waals surface area contributed by atoms with Crippen molar-refractivity contribution in [2.24, 2.45) is 5.92 Å². The fourth-order valence-electron chi connectivity index (χ4n) is 2.61. The number of carbonyl (C=O) groups is 1. The Bertz CT molecular complexity index is 478. The third kappa shape index (κ3) is 3.81. The molecule has 0 bridgehead atoms. The van der Waals surface area contributed by atoms with Crippen LogP contribution in [0.4, 0.5) is 0 Å². The van der Waals surface area contributed by atoms with Crippen LogP contribution < -0.4 is 0 Å². The number of halogens is 1. The van der Waals surface area contributed by atoms with Gasteiger partial charge in [-0.3, -0.25) is 4.90 Å². The first kappa shape index (κ1) is 15.5. The highest BCUT2D eigenvalue weighted by atomic mass is 79.9. The van der Waals surface area contributed by atoms with Crippen LogP contribution in [0, 0.1) is 5.92 Å². The zero-order chi connectivity index (χ0) is 14.5. The van der Waals surface area contributed by atoms with Gasteiger partial charge in [0, 0.05) is 24.2 Å². The number of esters is 1. The summed E-state index contributed by atoms with van der Waals surface area (Å²) in [6.07, 6.45) is 2.23. The quantitative estimate of drug-likeness (QED) is 0.854. The Labute approximate surface area is 127 Å². The predicted octanol–water partition coefficient (Wildman–Crippen LogP) is 2.44. The number of aliphatic hydroxyl groups is 1. The number of benzene rings is 1. The van der Waals surface area contributed by atoms with Crippen molar-refractivity contribution in [2.45, 2.75) is 19.4 Å². The summed E-state index contributed by atoms with van der Waals surface area (Å²) in [4.78, 5) is 13.8. The summed E-state index contributed by atoms with van der Waals surface area (Å²) in [5.41, 5.74) is 1.70. The van der Waals surface area contributed by atoms with Gasteiger partial charge in [0.05, 0.1) is 12.7 Å². The molecule has 0 spiro atoms. The average molecular weight is 342 g/mol. The number of carbonyl (C=O) groups excluding carboxylic acids is 1. The van der Waals surface area contributed by atoms with Crippen molar-refractivity contribution < 1.29 is 14.6 Å². The summed E-state index contributed by atoms with van der Waals surface area (Å²) >= 11 is 3.52. The maximum absolute atomic E-state index is 11.5. The number of nitrogens with zero attached hydrogens (tertiary/aromatic N) is 1. The fourth-order valence-corrected chi connectivity index (χ4v) is 3.11. The van der Waals surface area contributed by atoms with Gasteiger partial charge in [0.25, 0.3) is 0 Å². The molecule has 5 heteroatoms. The van der Waals surface area contributed by atoms with Gasteiger partial charge in [-0.25, -0.2) is 4.79 Å². The van der Waals surface area contributed by atoms with Gasteiger partial charge in [-0.05, 0) is 43.0 Å². The van der Waals surface area contributed by atoms with Gasteiger partial charge >= 0.3 is 5.97 Å². The topological polar surface area (TPSA) is 49.8 Å². The van der Waals surface area contributed by atoms with Gasteiger partial charge in [0.1, 0.15) is 0 Å². The van der Waals surface area contributed by atoms with Gasteiger partial charge in [0.2, 0.25) is 0 Å². The van der Waals surface area contributed by atoms with Crippen LogP contribution in [0.3, 0.4) is 0 Å². The zero-order valence-electron chi connectivity index (χ0n) is 11.6. The van der Waals surface area contributed by atoms with E-state index in [4.69, 9.17) is 4.74 Å². The first-order valence-corrected chi connectivity index (χ1v) is 7.63. The normalized spacial score (nSPS) is 19.9. The summed E-state index contributed by atoms with van der Waals surface area (Å²) in [7, 11) is 1.38. The molecule has 1 unspecified atom stereocenters. The zero-order valence-corrected chi connectivity index (χ0v) is 13.2. The molecule has 1 saturated heterocycles. The average Bonchev–Trinajstić information content (AvgIpc) is 2.48. The van der Waals surface area contributed by atoms with Crippen LogP contribution in [0.25, 0.3) is 0 Å². The molecule has 0 saturated carbocycles. The molecule has 1 heterocycles. The standard InChI is InChI=1S/C15H20BrNO3/c1-20-15(19)12-4-5-13(14(16)7-12)9-17-6-2-3-11(8-17)10-18/h4-5,7,11,18H,2-3,6,8-10H2,1H3. The van der Waals surface area contributed by atoms with E-state index < -0.39 is 0 Å². The van der Waals surface area contributed by atoms with Crippen LogP contribution >= 0.6 is 15.9 Å². The fraction of sp³-hybridized carbons (Fsp3) is 0.533. The molecular weight excluding hydrogens is 322 g/mol. The van der Waals surface area contributed by atoms with E-state index in [0.717, 1.165) is 42.5 Å². The first-order chi connectivity index (χ1) is 9.63. The highest BCUT2D eigenvalue weighted by Gasteiger charge is 2.20. The van der Waals surface area contributed by atoms with Crippen LogP contribution in [0.15, 0.2) is 22.7 Å². The molecule has 110 valence electrons. The number of likely N-dealkylation sites (tertiary alicyclic amines) is 1. The van der Waals surface area contributed by atoms with Crippen molar-refractivity contribution >= 4 is 21.9 Å². The van der Waals surface area contributed by atoms with Crippen LogP contribution in [0.5, 0.6) is 0 Å². The molecule has 1 aromatic carbocycles. The molecular formula is C15H20BrNO3. The van der Waals surface area contributed by atoms with Gasteiger partial charge in [-0.2, -0.15) is 0 Å². The Kier molecular flexibility index (Phi) is 5.57. The van der Waals surface area contributed by atoms with E-state index in [1.807, 2.05) is 6.07 Å². The molecule has 1 atom stereocenters. The molecule has 4 nitrogen and oxygen atoms in total. The van der Waals surface area contributed by atoms with Crippen molar-refractivity contribution in [1.29, 1.82) is 0 Å². The summed E-state index contributed by atoms with van der Waals surface area (Å²) in [5, 5.41) is 9.27. The molecule has 1 aliphatic heterocycles. The van der Waals surface area contributed by atoms with Crippen molar-refractivity contribution in [3.63, 3.8) is 0 Å². The number of hydrogen-bond acceptors (Lipinski definition) is 4. The van der Waals surface area contributed by atoms with E-state index in [1.165, 1.54) is 7.11 Å². The Morgan fingerprint density at radius 1 is 1.55 bits per heavy atom. The lowest BCUT2D eigenvalue weighted by Gasteiger charge is -2.32. The molecule has 1 fully saturated rings. The monoisotopic (exact) mass is 341 g/mol. The van der Waals surface area contributed by atoms with E-state index in [2.05, 4.69) is 20.8 Å². The second-order valence-corrected chi connectivity index (χ2v) is 6.08. The van der Waals surface area contributed by atoms with E-state index in [9.17, 15) is 9.90 Å². The number of piperidine rings is 1. The van der Waals surface area contributed by atoms with E-state index in [1.54, 1.807) is 12.1 Å². The SMILES string of the molecule is COC(=O)c1ccc(CN2CCCC(CO)C2)c(Br)c1. The summed E-state index contributed by atoms with van der Waals surface area (Å²) < 4.78 is 5.63. The molecule has 1 aliphatic rings. The molecule has 0 amide bonds. The largest absolute Gasteiger partial charge is 0.465 e. The smallest absolute Gasteiger partial charge is 0.337 e. The van der Waals surface area contributed by atoms with Gasteiger partial charge in [0.15, 0.2) is 0 Å². The third-order valence-electron chi connectivity index (χ3n) is 3.73. The van der Waals surface area contributed by atoms with Crippen molar-refractivity contribution in [2.75, 3.05) is 26.8 Å². The maximum Gasteiger partial charge on any atom is 0.337 e. The van der Waals surface area contributed by atoms with Crippen molar-refractivity contribution in [3.05, 3.63) is 33.8 Å². The lowest BCUT2D eigenvalue weighted by Crippen LogP contribution is -2.36. The number of aliphatic hydroxyl groups excluding tert-OH is 1. The lowest BCUT2D eigenvalue weighted by molar-refractivity contribution is 0.0600. The number of rotatable bonds is 4. The molecule has 1 N–H and O–H groups in total. The Hall–Kier alpha value is -0.910. The van der Waals surface area contributed by atoms with Crippen molar-refractivity contribution in [3.8, 4) is 0 Å². The maximum atomic E-state index is 11.5. The Morgan fingerprint density at radius 2 is 2.35 bits per heavy atom. The van der Waals surface area contributed by atoms with Gasteiger partial charge in [-0.1, -0.05) is 22.0 Å². The second-order valence-electron chi connectivity index (χ2n) is 5.22. The van der Waals surface area contributed by atoms with Crippen molar-refractivity contribution in [1.82, 2.24) is 4.90 Å². The molecule has 2 rings (SSSR count). The van der Waals surface area contributed by atoms with E-state index in [0.29, 0.717) is 11.5 Å². The third-order valence-corrected chi connectivity index (χ3v) is 4.47. The number of ether oxygens (including phenoxy) is 1. The second kappa shape index (κ2) is 7.20. The molecule has 20 heavy (non-hydrogen) atoms. The van der Waals surface area contributed by atoms with E-state index in [-0.39, 0.29) is 12.6 Å². The Balaban J connectivity index is 2.04. The van der Waals surface area contributed by atoms with Crippen LogP contribution in [0.1, 0.15) is 28.8 Å². The molecule has 0 aliphatic carbocycles. The van der Waals surface area contributed by atoms with Crippen LogP contribution in [0.2, 0.25) is 0 Å². The van der Waals surface area contributed by atoms with Gasteiger partial charge < -0.3 is 9.84 Å². The summed E-state index contributed by atoms with van der Waals surface area (Å²) in [6.45, 7) is 3.08. The number of methoxy groups -OCH3 is 1. The minimum absolute atomic E-state index is 0.263. The Morgan fingerprint density at radius 3 is 3.00 bits per heavy atom. The first-order valence-electron chi connectivity index (χ1n) is 6.84. The molecule has 0 aromatic heterocycles. The highest BCUT2D eigenvalue weighted by Crippen LogP contribution is 2.23. The highest BCUT2D eigenvalue weighted by molar-refractivity contribution is 9.10. The minimum Gasteiger partial charge on any atom is -0.465 e. The van der Waals surface area contributed by atoms with E-state index >= 15 is 0 Å². The van der Waals surface area contributed by atoms with Gasteiger partial charge in [-0.15, -0.1) is 0 Å². The van der Waals surface area contributed by atoms with Crippen LogP contribution in [-0.2, 0) is 11.3 Å². The molecule has 1 aromatic rings. The number of hydrogen-bond donors (Lipinski definition) is 1. The summed E-state index contributed by atoms with van der Waals surface area (Å²) in [5.74, 6) is 0.0624. The predicted molar refractivity (Wildman–Crippen MR) is 80.6 cm³/mol. The minimum atomic E-state index is -0.324.